The molecular weight excluding hydrogens is 308 g/mol. The molecule has 0 N–H and O–H groups in total. The molecule has 0 atom stereocenters. The van der Waals surface area contributed by atoms with Crippen molar-refractivity contribution in [2.45, 2.75) is 6.92 Å². The van der Waals surface area contributed by atoms with Gasteiger partial charge in [-0.1, -0.05) is 11.3 Å². The van der Waals surface area contributed by atoms with E-state index in [-0.39, 0.29) is 11.4 Å². The lowest BCUT2D eigenvalue weighted by Gasteiger charge is -2.09. The zero-order valence-corrected chi connectivity index (χ0v) is 12.9. The molecule has 9 heteroatoms. The largest absolute Gasteiger partial charge is 0.496 e. The number of nitro benzene ring substituents is 1. The van der Waals surface area contributed by atoms with Gasteiger partial charge in [-0.15, -0.1) is 0 Å². The average molecular weight is 320 g/mol. The van der Waals surface area contributed by atoms with Crippen molar-refractivity contribution in [1.82, 2.24) is 14.6 Å². The van der Waals surface area contributed by atoms with E-state index in [0.717, 1.165) is 9.97 Å². The van der Waals surface area contributed by atoms with E-state index < -0.39 is 4.92 Å². The fourth-order valence-electron chi connectivity index (χ4n) is 2.15. The van der Waals surface area contributed by atoms with Crippen LogP contribution in [-0.2, 0) is 0 Å². The molecule has 114 valence electrons. The lowest BCUT2D eigenvalue weighted by atomic mass is 10.1. The minimum Gasteiger partial charge on any atom is -0.496 e. The molecule has 0 radical (unpaired) electrons. The van der Waals surface area contributed by atoms with E-state index in [1.165, 1.54) is 31.6 Å². The molecule has 0 aliphatic carbocycles. The topological polar surface area (TPSA) is 91.8 Å². The summed E-state index contributed by atoms with van der Waals surface area (Å²) in [7, 11) is 2.84. The van der Waals surface area contributed by atoms with Gasteiger partial charge in [0.1, 0.15) is 10.8 Å². The van der Waals surface area contributed by atoms with Gasteiger partial charge >= 0.3 is 5.69 Å². The van der Waals surface area contributed by atoms with Crippen LogP contribution in [0.4, 0.5) is 5.69 Å². The second-order valence-electron chi connectivity index (χ2n) is 4.46. The van der Waals surface area contributed by atoms with E-state index in [1.54, 1.807) is 16.8 Å². The maximum atomic E-state index is 11.1. The van der Waals surface area contributed by atoms with Crippen LogP contribution in [-0.4, -0.2) is 33.7 Å². The zero-order chi connectivity index (χ0) is 15.9. The summed E-state index contributed by atoms with van der Waals surface area (Å²) in [5.41, 5.74) is 1.07. The Hall–Kier alpha value is -2.68. The normalized spacial score (nSPS) is 10.9. The van der Waals surface area contributed by atoms with E-state index >= 15 is 0 Å². The number of rotatable bonds is 4. The van der Waals surface area contributed by atoms with Gasteiger partial charge in [-0.05, 0) is 6.92 Å². The molecule has 0 aliphatic rings. The van der Waals surface area contributed by atoms with Gasteiger partial charge in [0.2, 0.25) is 4.96 Å². The van der Waals surface area contributed by atoms with Crippen LogP contribution in [0.25, 0.3) is 16.2 Å². The monoisotopic (exact) mass is 320 g/mol. The van der Waals surface area contributed by atoms with Crippen LogP contribution in [0.5, 0.6) is 11.5 Å². The number of benzene rings is 1. The van der Waals surface area contributed by atoms with Crippen LogP contribution in [0.15, 0.2) is 18.3 Å². The molecule has 0 unspecified atom stereocenters. The molecule has 0 aliphatic heterocycles. The Morgan fingerprint density at radius 3 is 2.59 bits per heavy atom. The van der Waals surface area contributed by atoms with E-state index in [9.17, 15) is 10.1 Å². The summed E-state index contributed by atoms with van der Waals surface area (Å²) < 4.78 is 12.0. The SMILES string of the molecule is COc1cc([N+](=O)[O-])c(OC)cc1-c1cn2nc(C)sc2n1. The average Bonchev–Trinajstić information content (AvgIpc) is 3.02. The van der Waals surface area contributed by atoms with Crippen molar-refractivity contribution in [3.8, 4) is 22.8 Å². The molecule has 0 saturated heterocycles. The van der Waals surface area contributed by atoms with Crippen LogP contribution >= 0.6 is 11.3 Å². The third kappa shape index (κ3) is 2.25. The fourth-order valence-corrected chi connectivity index (χ4v) is 2.88. The predicted molar refractivity (Wildman–Crippen MR) is 80.8 cm³/mol. The van der Waals surface area contributed by atoms with E-state index in [0.29, 0.717) is 17.0 Å². The molecular formula is C13H12N4O4S. The highest BCUT2D eigenvalue weighted by Gasteiger charge is 2.22. The number of ether oxygens (including phenoxy) is 2. The fraction of sp³-hybridized carbons (Fsp3) is 0.231. The number of methoxy groups -OCH3 is 2. The van der Waals surface area contributed by atoms with Crippen molar-refractivity contribution in [1.29, 1.82) is 0 Å². The van der Waals surface area contributed by atoms with Gasteiger partial charge < -0.3 is 9.47 Å². The number of fused-ring (bicyclic) bond motifs is 1. The Balaban J connectivity index is 2.19. The van der Waals surface area contributed by atoms with Crippen LogP contribution in [0.1, 0.15) is 5.01 Å². The summed E-state index contributed by atoms with van der Waals surface area (Å²) in [6, 6.07) is 2.89. The molecule has 1 aromatic carbocycles. The molecule has 3 aromatic rings. The zero-order valence-electron chi connectivity index (χ0n) is 12.1. The van der Waals surface area contributed by atoms with Crippen molar-refractivity contribution in [3.05, 3.63) is 33.5 Å². The third-order valence-electron chi connectivity index (χ3n) is 3.12. The summed E-state index contributed by atoms with van der Waals surface area (Å²) in [6.45, 7) is 1.90. The summed E-state index contributed by atoms with van der Waals surface area (Å²) in [6.07, 6.45) is 1.75. The molecule has 0 spiro atoms. The van der Waals surface area contributed by atoms with Gasteiger partial charge in [-0.2, -0.15) is 5.10 Å². The van der Waals surface area contributed by atoms with E-state index in [2.05, 4.69) is 10.1 Å². The van der Waals surface area contributed by atoms with Crippen molar-refractivity contribution in [2.24, 2.45) is 0 Å². The minimum atomic E-state index is -0.512. The van der Waals surface area contributed by atoms with Crippen LogP contribution in [0.2, 0.25) is 0 Å². The van der Waals surface area contributed by atoms with Crippen molar-refractivity contribution in [2.75, 3.05) is 14.2 Å². The lowest BCUT2D eigenvalue weighted by Crippen LogP contribution is -1.97. The van der Waals surface area contributed by atoms with Crippen molar-refractivity contribution < 1.29 is 14.4 Å². The quantitative estimate of drug-likeness (QED) is 0.542. The molecule has 2 heterocycles. The summed E-state index contributed by atoms with van der Waals surface area (Å²) >= 11 is 1.46. The smallest absolute Gasteiger partial charge is 0.314 e. The minimum absolute atomic E-state index is 0.154. The molecule has 2 aromatic heterocycles. The summed E-state index contributed by atoms with van der Waals surface area (Å²) in [4.78, 5) is 15.8. The van der Waals surface area contributed by atoms with Gasteiger partial charge in [0.05, 0.1) is 37.1 Å². The Morgan fingerprint density at radius 2 is 2.00 bits per heavy atom. The summed E-state index contributed by atoms with van der Waals surface area (Å²) in [5, 5.41) is 16.3. The Labute approximate surface area is 129 Å². The second-order valence-corrected chi connectivity index (χ2v) is 5.62. The molecule has 22 heavy (non-hydrogen) atoms. The molecule has 3 rings (SSSR count). The molecule has 0 bridgehead atoms. The van der Waals surface area contributed by atoms with Crippen LogP contribution in [0.3, 0.4) is 0 Å². The Kier molecular flexibility index (Phi) is 3.41. The number of imidazole rings is 1. The van der Waals surface area contributed by atoms with Gasteiger partial charge in [-0.25, -0.2) is 9.50 Å². The van der Waals surface area contributed by atoms with E-state index in [4.69, 9.17) is 9.47 Å². The maximum Gasteiger partial charge on any atom is 0.314 e. The third-order valence-corrected chi connectivity index (χ3v) is 3.96. The predicted octanol–water partition coefficient (Wildman–Crippen LogP) is 2.69. The first-order chi connectivity index (χ1) is 10.5. The van der Waals surface area contributed by atoms with Gasteiger partial charge in [0.25, 0.3) is 0 Å². The summed E-state index contributed by atoms with van der Waals surface area (Å²) in [5.74, 6) is 0.510. The highest BCUT2D eigenvalue weighted by Crippen LogP contribution is 2.39. The lowest BCUT2D eigenvalue weighted by molar-refractivity contribution is -0.385. The highest BCUT2D eigenvalue weighted by molar-refractivity contribution is 7.16. The molecule has 0 saturated carbocycles. The number of aryl methyl sites for hydroxylation is 1. The highest BCUT2D eigenvalue weighted by atomic mass is 32.1. The van der Waals surface area contributed by atoms with Crippen molar-refractivity contribution in [3.63, 3.8) is 0 Å². The standard InChI is InChI=1S/C13H12N4O4S/c1-7-15-16-6-9(14-13(16)22-7)8-4-12(21-3)10(17(18)19)5-11(8)20-2/h4-6H,1-3H3. The van der Waals surface area contributed by atoms with Crippen molar-refractivity contribution >= 4 is 22.0 Å². The number of aromatic nitrogens is 3. The number of nitro groups is 1. The van der Waals surface area contributed by atoms with Gasteiger partial charge in [0.15, 0.2) is 5.75 Å². The first kappa shape index (κ1) is 14.3. The number of nitrogens with zero attached hydrogens (tertiary/aromatic N) is 4. The first-order valence-corrected chi connectivity index (χ1v) is 7.08. The molecule has 0 amide bonds. The molecule has 0 fully saturated rings. The van der Waals surface area contributed by atoms with E-state index in [1.807, 2.05) is 6.92 Å². The first-order valence-electron chi connectivity index (χ1n) is 6.27. The van der Waals surface area contributed by atoms with Gasteiger partial charge in [0, 0.05) is 11.6 Å². The Morgan fingerprint density at radius 1 is 1.27 bits per heavy atom. The second kappa shape index (κ2) is 5.26. The van der Waals surface area contributed by atoms with Crippen LogP contribution in [0, 0.1) is 17.0 Å². The number of hydrogen-bond donors (Lipinski definition) is 0. The van der Waals surface area contributed by atoms with Crippen LogP contribution < -0.4 is 9.47 Å². The Bertz CT molecular complexity index is 839. The number of hydrogen-bond acceptors (Lipinski definition) is 7. The molecule has 8 nitrogen and oxygen atoms in total. The maximum absolute atomic E-state index is 11.1. The van der Waals surface area contributed by atoms with Gasteiger partial charge in [-0.3, -0.25) is 10.1 Å².